The van der Waals surface area contributed by atoms with Crippen molar-refractivity contribution in [1.82, 2.24) is 0 Å². The molecule has 0 unspecified atom stereocenters. The second-order valence-corrected chi connectivity index (χ2v) is 4.73. The lowest BCUT2D eigenvalue weighted by Crippen LogP contribution is -2.13. The van der Waals surface area contributed by atoms with Gasteiger partial charge in [-0.3, -0.25) is 4.79 Å². The van der Waals surface area contributed by atoms with Crippen molar-refractivity contribution in [3.8, 4) is 11.5 Å². The van der Waals surface area contributed by atoms with Gasteiger partial charge in [-0.15, -0.1) is 0 Å². The van der Waals surface area contributed by atoms with Gasteiger partial charge in [-0.1, -0.05) is 22.0 Å². The second-order valence-electron chi connectivity index (χ2n) is 3.82. The number of benzene rings is 2. The van der Waals surface area contributed by atoms with Gasteiger partial charge in [0.05, 0.1) is 7.11 Å². The Balaban J connectivity index is 2.27. The largest absolute Gasteiger partial charge is 0.507 e. The number of rotatable bonds is 3. The van der Waals surface area contributed by atoms with Gasteiger partial charge in [0.15, 0.2) is 0 Å². The Kier molecular flexibility index (Phi) is 4.06. The molecule has 2 rings (SSSR count). The van der Waals surface area contributed by atoms with Crippen molar-refractivity contribution in [2.75, 3.05) is 12.4 Å². The van der Waals surface area contributed by atoms with Crippen molar-refractivity contribution >= 4 is 27.5 Å². The summed E-state index contributed by atoms with van der Waals surface area (Å²) in [7, 11) is 1.45. The number of anilines is 1. The van der Waals surface area contributed by atoms with Gasteiger partial charge in [-0.25, -0.2) is 0 Å². The molecule has 2 aromatic carbocycles. The molecule has 0 atom stereocenters. The number of phenols is 1. The molecule has 5 heteroatoms. The lowest BCUT2D eigenvalue weighted by Gasteiger charge is -2.10. The molecule has 98 valence electrons. The van der Waals surface area contributed by atoms with E-state index in [-0.39, 0.29) is 11.3 Å². The number of aromatic hydroxyl groups is 1. The quantitative estimate of drug-likeness (QED) is 0.910. The molecular formula is C14H12BrNO3. The molecule has 0 spiro atoms. The highest BCUT2D eigenvalue weighted by Crippen LogP contribution is 2.28. The number of methoxy groups -OCH3 is 1. The third kappa shape index (κ3) is 3.06. The molecule has 19 heavy (non-hydrogen) atoms. The highest BCUT2D eigenvalue weighted by atomic mass is 79.9. The third-order valence-electron chi connectivity index (χ3n) is 2.55. The molecule has 0 fully saturated rings. The maximum absolute atomic E-state index is 12.1. The van der Waals surface area contributed by atoms with E-state index in [0.29, 0.717) is 11.4 Å². The monoisotopic (exact) mass is 321 g/mol. The zero-order chi connectivity index (χ0) is 13.8. The van der Waals surface area contributed by atoms with Crippen LogP contribution >= 0.6 is 15.9 Å². The third-order valence-corrected chi connectivity index (χ3v) is 3.08. The van der Waals surface area contributed by atoms with E-state index in [9.17, 15) is 9.90 Å². The van der Waals surface area contributed by atoms with Crippen LogP contribution in [0.3, 0.4) is 0 Å². The van der Waals surface area contributed by atoms with E-state index in [4.69, 9.17) is 4.74 Å². The van der Waals surface area contributed by atoms with E-state index in [1.165, 1.54) is 13.2 Å². The van der Waals surface area contributed by atoms with Gasteiger partial charge in [-0.05, 0) is 36.4 Å². The standard InChI is InChI=1S/C14H12BrNO3/c1-19-12-4-2-3-11(17)13(12)14(18)16-10-7-5-9(15)6-8-10/h2-8,17H,1H3,(H,16,18). The molecular weight excluding hydrogens is 310 g/mol. The Bertz CT molecular complexity index is 596. The topological polar surface area (TPSA) is 58.6 Å². The summed E-state index contributed by atoms with van der Waals surface area (Å²) in [4.78, 5) is 12.1. The minimum Gasteiger partial charge on any atom is -0.507 e. The van der Waals surface area contributed by atoms with Gasteiger partial charge < -0.3 is 15.2 Å². The van der Waals surface area contributed by atoms with Gasteiger partial charge in [0.2, 0.25) is 0 Å². The van der Waals surface area contributed by atoms with E-state index in [1.807, 2.05) is 12.1 Å². The van der Waals surface area contributed by atoms with Crippen LogP contribution in [0.1, 0.15) is 10.4 Å². The summed E-state index contributed by atoms with van der Waals surface area (Å²) in [5, 5.41) is 12.5. The average molecular weight is 322 g/mol. The molecule has 0 aliphatic heterocycles. The van der Waals surface area contributed by atoms with Crippen LogP contribution in [-0.2, 0) is 0 Å². The van der Waals surface area contributed by atoms with Crippen LogP contribution in [-0.4, -0.2) is 18.1 Å². The van der Waals surface area contributed by atoms with Crippen molar-refractivity contribution in [3.63, 3.8) is 0 Å². The maximum Gasteiger partial charge on any atom is 0.263 e. The fourth-order valence-electron chi connectivity index (χ4n) is 1.64. The molecule has 2 N–H and O–H groups in total. The molecule has 1 amide bonds. The molecule has 0 heterocycles. The summed E-state index contributed by atoms with van der Waals surface area (Å²) in [5.74, 6) is -0.208. The molecule has 0 saturated heterocycles. The van der Waals surface area contributed by atoms with Gasteiger partial charge >= 0.3 is 0 Å². The number of phenolic OH excluding ortho intramolecular Hbond substituents is 1. The first-order valence-electron chi connectivity index (χ1n) is 5.54. The van der Waals surface area contributed by atoms with Crippen LogP contribution in [0.2, 0.25) is 0 Å². The van der Waals surface area contributed by atoms with E-state index in [2.05, 4.69) is 21.2 Å². The molecule has 2 aromatic rings. The SMILES string of the molecule is COc1cccc(O)c1C(=O)Nc1ccc(Br)cc1. The predicted molar refractivity (Wildman–Crippen MR) is 76.8 cm³/mol. The van der Waals surface area contributed by atoms with Crippen LogP contribution < -0.4 is 10.1 Å². The molecule has 0 radical (unpaired) electrons. The molecule has 4 nitrogen and oxygen atoms in total. The van der Waals surface area contributed by atoms with Gasteiger partial charge in [0, 0.05) is 10.2 Å². The lowest BCUT2D eigenvalue weighted by molar-refractivity contribution is 0.102. The van der Waals surface area contributed by atoms with Gasteiger partial charge in [-0.2, -0.15) is 0 Å². The fourth-order valence-corrected chi connectivity index (χ4v) is 1.91. The van der Waals surface area contributed by atoms with Crippen LogP contribution in [0.25, 0.3) is 0 Å². The molecule has 0 saturated carbocycles. The Hall–Kier alpha value is -2.01. The fraction of sp³-hybridized carbons (Fsp3) is 0.0714. The number of amides is 1. The number of nitrogens with one attached hydrogen (secondary N) is 1. The Morgan fingerprint density at radius 2 is 1.89 bits per heavy atom. The number of halogens is 1. The highest BCUT2D eigenvalue weighted by molar-refractivity contribution is 9.10. The number of hydrogen-bond acceptors (Lipinski definition) is 3. The van der Waals surface area contributed by atoms with Gasteiger partial charge in [0.25, 0.3) is 5.91 Å². The minimum atomic E-state index is -0.419. The van der Waals surface area contributed by atoms with Crippen molar-refractivity contribution in [1.29, 1.82) is 0 Å². The Morgan fingerprint density at radius 1 is 1.21 bits per heavy atom. The van der Waals surface area contributed by atoms with E-state index < -0.39 is 5.91 Å². The molecule has 0 aliphatic rings. The summed E-state index contributed by atoms with van der Waals surface area (Å²) in [5.41, 5.74) is 0.756. The molecule has 0 aliphatic carbocycles. The lowest BCUT2D eigenvalue weighted by atomic mass is 10.1. The predicted octanol–water partition coefficient (Wildman–Crippen LogP) is 3.42. The Labute approximate surface area is 119 Å². The second kappa shape index (κ2) is 5.75. The Morgan fingerprint density at radius 3 is 2.53 bits per heavy atom. The summed E-state index contributed by atoms with van der Waals surface area (Å²) < 4.78 is 6.00. The number of carbonyl (C=O) groups excluding carboxylic acids is 1. The van der Waals surface area contributed by atoms with Crippen molar-refractivity contribution in [2.45, 2.75) is 0 Å². The normalized spacial score (nSPS) is 10.0. The van der Waals surface area contributed by atoms with Crippen LogP contribution in [0.5, 0.6) is 11.5 Å². The zero-order valence-electron chi connectivity index (χ0n) is 10.2. The number of carbonyl (C=O) groups is 1. The summed E-state index contributed by atoms with van der Waals surface area (Å²) in [6, 6.07) is 11.8. The van der Waals surface area contributed by atoms with Gasteiger partial charge in [0.1, 0.15) is 17.1 Å². The first-order chi connectivity index (χ1) is 9.11. The summed E-state index contributed by atoms with van der Waals surface area (Å²) in [6.45, 7) is 0. The van der Waals surface area contributed by atoms with E-state index in [0.717, 1.165) is 4.47 Å². The average Bonchev–Trinajstić information content (AvgIpc) is 2.40. The smallest absolute Gasteiger partial charge is 0.263 e. The van der Waals surface area contributed by atoms with Crippen molar-refractivity contribution < 1.29 is 14.6 Å². The van der Waals surface area contributed by atoms with Crippen LogP contribution in [0, 0.1) is 0 Å². The number of ether oxygens (including phenoxy) is 1. The molecule has 0 bridgehead atoms. The van der Waals surface area contributed by atoms with E-state index in [1.54, 1.807) is 24.3 Å². The van der Waals surface area contributed by atoms with Crippen molar-refractivity contribution in [2.24, 2.45) is 0 Å². The maximum atomic E-state index is 12.1. The summed E-state index contributed by atoms with van der Waals surface area (Å²) >= 11 is 3.32. The zero-order valence-corrected chi connectivity index (χ0v) is 11.8. The number of hydrogen-bond donors (Lipinski definition) is 2. The van der Waals surface area contributed by atoms with E-state index >= 15 is 0 Å². The highest BCUT2D eigenvalue weighted by Gasteiger charge is 2.16. The summed E-state index contributed by atoms with van der Waals surface area (Å²) in [6.07, 6.45) is 0. The molecule has 0 aromatic heterocycles. The first kappa shape index (κ1) is 13.4. The van der Waals surface area contributed by atoms with Crippen molar-refractivity contribution in [3.05, 3.63) is 52.5 Å². The van der Waals surface area contributed by atoms with Crippen LogP contribution in [0.4, 0.5) is 5.69 Å². The minimum absolute atomic E-state index is 0.117. The first-order valence-corrected chi connectivity index (χ1v) is 6.34. The van der Waals surface area contributed by atoms with Crippen LogP contribution in [0.15, 0.2) is 46.9 Å².